The van der Waals surface area contributed by atoms with E-state index in [0.29, 0.717) is 6.54 Å². The minimum atomic E-state index is -0.00486. The van der Waals surface area contributed by atoms with Gasteiger partial charge in [-0.15, -0.1) is 11.3 Å². The van der Waals surface area contributed by atoms with Crippen molar-refractivity contribution in [3.8, 4) is 0 Å². The molecule has 0 spiro atoms. The summed E-state index contributed by atoms with van der Waals surface area (Å²) < 4.78 is 0. The van der Waals surface area contributed by atoms with E-state index in [0.717, 1.165) is 47.1 Å². The molecule has 1 fully saturated rings. The summed E-state index contributed by atoms with van der Waals surface area (Å²) in [7, 11) is 0. The van der Waals surface area contributed by atoms with Crippen molar-refractivity contribution in [2.24, 2.45) is 0 Å². The van der Waals surface area contributed by atoms with Gasteiger partial charge in [0.2, 0.25) is 0 Å². The van der Waals surface area contributed by atoms with Crippen LogP contribution in [0, 0.1) is 20.8 Å². The number of amides is 2. The first kappa shape index (κ1) is 17.0. The van der Waals surface area contributed by atoms with Crippen molar-refractivity contribution in [2.75, 3.05) is 6.54 Å². The predicted molar refractivity (Wildman–Crippen MR) is 95.1 cm³/mol. The maximum Gasteiger partial charge on any atom is 0.318 e. The minimum absolute atomic E-state index is 0.00486. The number of nitrogens with zero attached hydrogens (tertiary/aromatic N) is 3. The van der Waals surface area contributed by atoms with E-state index in [2.05, 4.69) is 20.5 Å². The minimum Gasteiger partial charge on any atom is -0.331 e. The van der Waals surface area contributed by atoms with E-state index >= 15 is 0 Å². The second-order valence-corrected chi connectivity index (χ2v) is 7.75. The largest absolute Gasteiger partial charge is 0.331 e. The van der Waals surface area contributed by atoms with Crippen molar-refractivity contribution in [2.45, 2.75) is 59.0 Å². The molecule has 0 aliphatic carbocycles. The number of carbonyl (C=O) groups excluding carboxylic acids is 1. The number of aromatic amines is 1. The fraction of sp³-hybridized carbons (Fsp3) is 0.588. The molecule has 2 aromatic heterocycles. The Balaban J connectivity index is 1.75. The average Bonchev–Trinajstić information content (AvgIpc) is 3.02. The summed E-state index contributed by atoms with van der Waals surface area (Å²) in [5.41, 5.74) is 3.23. The van der Waals surface area contributed by atoms with Crippen molar-refractivity contribution in [1.82, 2.24) is 25.4 Å². The third-order valence-corrected chi connectivity index (χ3v) is 5.50. The predicted octanol–water partition coefficient (Wildman–Crippen LogP) is 3.62. The Morgan fingerprint density at radius 2 is 2.21 bits per heavy atom. The molecular weight excluding hydrogens is 322 g/mol. The van der Waals surface area contributed by atoms with Crippen LogP contribution in [0.4, 0.5) is 4.79 Å². The molecule has 0 radical (unpaired) electrons. The molecule has 2 amide bonds. The van der Waals surface area contributed by atoms with Gasteiger partial charge in [0.15, 0.2) is 0 Å². The fourth-order valence-corrected chi connectivity index (χ4v) is 4.16. The van der Waals surface area contributed by atoms with Crippen LogP contribution in [-0.4, -0.2) is 32.7 Å². The second-order valence-electron chi connectivity index (χ2n) is 6.43. The van der Waals surface area contributed by atoms with Crippen LogP contribution in [0.25, 0.3) is 0 Å². The zero-order valence-electron chi connectivity index (χ0n) is 14.6. The van der Waals surface area contributed by atoms with Crippen LogP contribution in [0.15, 0.2) is 6.20 Å². The van der Waals surface area contributed by atoms with Gasteiger partial charge in [0.1, 0.15) is 5.01 Å². The lowest BCUT2D eigenvalue weighted by atomic mass is 9.99. The van der Waals surface area contributed by atoms with E-state index in [1.165, 1.54) is 12.0 Å². The molecule has 2 aromatic rings. The Labute approximate surface area is 146 Å². The van der Waals surface area contributed by atoms with Crippen LogP contribution in [0.3, 0.4) is 0 Å². The smallest absolute Gasteiger partial charge is 0.318 e. The van der Waals surface area contributed by atoms with Gasteiger partial charge < -0.3 is 10.2 Å². The van der Waals surface area contributed by atoms with Gasteiger partial charge in [0.25, 0.3) is 0 Å². The summed E-state index contributed by atoms with van der Waals surface area (Å²) >= 11 is 1.62. The normalized spacial score (nSPS) is 18.5. The molecule has 0 saturated carbocycles. The Morgan fingerprint density at radius 3 is 2.88 bits per heavy atom. The summed E-state index contributed by atoms with van der Waals surface area (Å²) in [5, 5.41) is 11.4. The number of urea groups is 1. The first-order valence-corrected chi connectivity index (χ1v) is 9.35. The summed E-state index contributed by atoms with van der Waals surface area (Å²) in [5.74, 6) is 0. The Hall–Kier alpha value is -1.89. The molecule has 6 nitrogen and oxygen atoms in total. The summed E-state index contributed by atoms with van der Waals surface area (Å²) in [4.78, 5) is 20.3. The molecule has 1 aliphatic heterocycles. The number of likely N-dealkylation sites (tertiary alicyclic amines) is 1. The molecule has 24 heavy (non-hydrogen) atoms. The number of nitrogens with one attached hydrogen (secondary N) is 2. The van der Waals surface area contributed by atoms with E-state index in [-0.39, 0.29) is 12.1 Å². The van der Waals surface area contributed by atoms with E-state index in [1.54, 1.807) is 11.3 Å². The Kier molecular flexibility index (Phi) is 5.18. The molecule has 1 atom stereocenters. The van der Waals surface area contributed by atoms with Gasteiger partial charge in [-0.05, 0) is 33.6 Å². The van der Waals surface area contributed by atoms with Crippen LogP contribution >= 0.6 is 11.3 Å². The quantitative estimate of drug-likeness (QED) is 0.890. The second kappa shape index (κ2) is 7.34. The van der Waals surface area contributed by atoms with Crippen LogP contribution < -0.4 is 5.32 Å². The number of hydrogen-bond acceptors (Lipinski definition) is 4. The standard InChI is InChI=1S/C17H25N5OS/c1-11-9-18-15(24-11)10-19-17(23)22-8-6-4-5-7-14(22)16-12(2)20-21-13(16)3/h9,14H,4-8,10H2,1-3H3,(H,19,23)(H,20,21)/t14-/m1/s1. The highest BCUT2D eigenvalue weighted by Gasteiger charge is 2.30. The monoisotopic (exact) mass is 347 g/mol. The van der Waals surface area contributed by atoms with E-state index in [1.807, 2.05) is 31.9 Å². The van der Waals surface area contributed by atoms with Gasteiger partial charge in [-0.25, -0.2) is 9.78 Å². The number of thiazole rings is 1. The van der Waals surface area contributed by atoms with Gasteiger partial charge in [-0.1, -0.05) is 12.8 Å². The van der Waals surface area contributed by atoms with E-state index in [4.69, 9.17) is 0 Å². The van der Waals surface area contributed by atoms with Crippen molar-refractivity contribution in [3.05, 3.63) is 33.0 Å². The molecule has 0 bridgehead atoms. The topological polar surface area (TPSA) is 73.9 Å². The molecular formula is C17H25N5OS. The molecule has 0 unspecified atom stereocenters. The molecule has 0 aromatic carbocycles. The van der Waals surface area contributed by atoms with Crippen LogP contribution in [0.1, 0.15) is 58.6 Å². The first-order valence-electron chi connectivity index (χ1n) is 8.53. The highest BCUT2D eigenvalue weighted by Crippen LogP contribution is 2.33. The van der Waals surface area contributed by atoms with Crippen LogP contribution in [-0.2, 0) is 6.54 Å². The molecule has 1 aliphatic rings. The number of aryl methyl sites for hydroxylation is 3. The summed E-state index contributed by atoms with van der Waals surface area (Å²) in [6.07, 6.45) is 6.20. The van der Waals surface area contributed by atoms with E-state index in [9.17, 15) is 4.79 Å². The zero-order chi connectivity index (χ0) is 17.1. The highest BCUT2D eigenvalue weighted by molar-refractivity contribution is 7.11. The van der Waals surface area contributed by atoms with Gasteiger partial charge in [-0.2, -0.15) is 5.10 Å². The zero-order valence-corrected chi connectivity index (χ0v) is 15.4. The molecule has 130 valence electrons. The molecule has 1 saturated heterocycles. The summed E-state index contributed by atoms with van der Waals surface area (Å²) in [6, 6.07) is 0.0963. The fourth-order valence-electron chi connectivity index (χ4n) is 3.44. The van der Waals surface area contributed by atoms with E-state index < -0.39 is 0 Å². The SMILES string of the molecule is Cc1cnc(CNC(=O)N2CCCCC[C@@H]2c2c(C)n[nH]c2C)s1. The van der Waals surface area contributed by atoms with Crippen molar-refractivity contribution >= 4 is 17.4 Å². The van der Waals surface area contributed by atoms with Gasteiger partial charge >= 0.3 is 6.03 Å². The van der Waals surface area contributed by atoms with Crippen molar-refractivity contribution < 1.29 is 4.79 Å². The molecule has 3 heterocycles. The van der Waals surface area contributed by atoms with Gasteiger partial charge in [0, 0.05) is 28.9 Å². The number of hydrogen-bond donors (Lipinski definition) is 2. The average molecular weight is 347 g/mol. The Bertz CT molecular complexity index is 688. The van der Waals surface area contributed by atoms with Gasteiger partial charge in [0.05, 0.1) is 18.3 Å². The lowest BCUT2D eigenvalue weighted by molar-refractivity contribution is 0.175. The maximum atomic E-state index is 12.8. The third kappa shape index (κ3) is 3.61. The van der Waals surface area contributed by atoms with Crippen LogP contribution in [0.2, 0.25) is 0 Å². The number of carbonyl (C=O) groups is 1. The molecule has 2 N–H and O–H groups in total. The number of rotatable bonds is 3. The highest BCUT2D eigenvalue weighted by atomic mass is 32.1. The lowest BCUT2D eigenvalue weighted by Crippen LogP contribution is -2.42. The number of aromatic nitrogens is 3. The summed E-state index contributed by atoms with van der Waals surface area (Å²) in [6.45, 7) is 7.35. The first-order chi connectivity index (χ1) is 11.6. The number of H-pyrrole nitrogens is 1. The lowest BCUT2D eigenvalue weighted by Gasteiger charge is -2.30. The third-order valence-electron chi connectivity index (χ3n) is 4.59. The van der Waals surface area contributed by atoms with Crippen molar-refractivity contribution in [1.29, 1.82) is 0 Å². The van der Waals surface area contributed by atoms with Crippen molar-refractivity contribution in [3.63, 3.8) is 0 Å². The molecule has 3 rings (SSSR count). The maximum absolute atomic E-state index is 12.8. The Morgan fingerprint density at radius 1 is 1.38 bits per heavy atom. The van der Waals surface area contributed by atoms with Gasteiger partial charge in [-0.3, -0.25) is 5.10 Å². The van der Waals surface area contributed by atoms with Crippen LogP contribution in [0.5, 0.6) is 0 Å². The molecule has 7 heteroatoms.